The van der Waals surface area contributed by atoms with E-state index in [2.05, 4.69) is 32.2 Å². The second-order valence-electron chi connectivity index (χ2n) is 4.54. The highest BCUT2D eigenvalue weighted by molar-refractivity contribution is 7.12. The van der Waals surface area contributed by atoms with Gasteiger partial charge in [-0.2, -0.15) is 0 Å². The third-order valence-electron chi connectivity index (χ3n) is 3.04. The van der Waals surface area contributed by atoms with Gasteiger partial charge in [-0.3, -0.25) is 0 Å². The molecule has 1 aromatic heterocycles. The van der Waals surface area contributed by atoms with Crippen LogP contribution in [-0.4, -0.2) is 6.54 Å². The first-order chi connectivity index (χ1) is 9.04. The molecule has 102 valence electrons. The molecule has 0 aliphatic carbocycles. The molecule has 0 aliphatic rings. The number of nitrogens with one attached hydrogen (secondary N) is 1. The van der Waals surface area contributed by atoms with E-state index >= 15 is 0 Å². The molecule has 0 amide bonds. The summed E-state index contributed by atoms with van der Waals surface area (Å²) in [7, 11) is 0. The van der Waals surface area contributed by atoms with E-state index in [9.17, 15) is 0 Å². The van der Waals surface area contributed by atoms with Gasteiger partial charge in [0.1, 0.15) is 0 Å². The Morgan fingerprint density at radius 2 is 2.00 bits per heavy atom. The molecule has 4 heteroatoms. The number of rotatable bonds is 4. The lowest BCUT2D eigenvalue weighted by Gasteiger charge is -2.20. The van der Waals surface area contributed by atoms with Gasteiger partial charge in [0.2, 0.25) is 0 Å². The van der Waals surface area contributed by atoms with Gasteiger partial charge in [0.15, 0.2) is 0 Å². The summed E-state index contributed by atoms with van der Waals surface area (Å²) in [5, 5.41) is 4.75. The molecule has 0 spiro atoms. The van der Waals surface area contributed by atoms with Crippen molar-refractivity contribution in [1.29, 1.82) is 0 Å². The first-order valence-corrected chi connectivity index (χ1v) is 7.86. The fourth-order valence-corrected chi connectivity index (χ4v) is 3.79. The maximum atomic E-state index is 6.37. The first-order valence-electron chi connectivity index (χ1n) is 6.28. The highest BCUT2D eigenvalue weighted by Gasteiger charge is 2.20. The van der Waals surface area contributed by atoms with Crippen molar-refractivity contribution < 1.29 is 0 Å². The van der Waals surface area contributed by atoms with Gasteiger partial charge in [0.05, 0.1) is 16.1 Å². The summed E-state index contributed by atoms with van der Waals surface area (Å²) in [4.78, 5) is 2.62. The lowest BCUT2D eigenvalue weighted by Crippen LogP contribution is -2.22. The molecule has 0 saturated heterocycles. The number of hydrogen-bond acceptors (Lipinski definition) is 2. The molecule has 2 aromatic rings. The highest BCUT2D eigenvalue weighted by Crippen LogP contribution is 2.37. The zero-order chi connectivity index (χ0) is 14.0. The van der Waals surface area contributed by atoms with Gasteiger partial charge in [0, 0.05) is 9.75 Å². The van der Waals surface area contributed by atoms with Gasteiger partial charge in [-0.1, -0.05) is 42.3 Å². The molecule has 1 heterocycles. The summed E-state index contributed by atoms with van der Waals surface area (Å²) in [5.41, 5.74) is 2.34. The van der Waals surface area contributed by atoms with Crippen LogP contribution in [0, 0.1) is 13.8 Å². The average Bonchev–Trinajstić information content (AvgIpc) is 2.69. The molecule has 0 aliphatic heterocycles. The van der Waals surface area contributed by atoms with E-state index in [0.29, 0.717) is 10.0 Å². The standard InChI is InChI=1S/C15H17Cl2NS/c1-4-18-14(15-9(2)8-10(3)19-15)11-6-5-7-12(16)13(11)17/h5-8,14,18H,4H2,1-3H3. The Labute approximate surface area is 128 Å². The molecular weight excluding hydrogens is 297 g/mol. The summed E-state index contributed by atoms with van der Waals surface area (Å²) < 4.78 is 0. The fourth-order valence-electron chi connectivity index (χ4n) is 2.24. The van der Waals surface area contributed by atoms with Crippen molar-refractivity contribution in [3.05, 3.63) is 55.2 Å². The molecule has 1 N–H and O–H groups in total. The van der Waals surface area contributed by atoms with E-state index in [1.807, 2.05) is 29.5 Å². The zero-order valence-electron chi connectivity index (χ0n) is 11.3. The molecule has 19 heavy (non-hydrogen) atoms. The van der Waals surface area contributed by atoms with Crippen LogP contribution in [0.25, 0.3) is 0 Å². The lowest BCUT2D eigenvalue weighted by atomic mass is 10.0. The van der Waals surface area contributed by atoms with Gasteiger partial charge in [-0.25, -0.2) is 0 Å². The van der Waals surface area contributed by atoms with Crippen molar-refractivity contribution in [3.63, 3.8) is 0 Å². The van der Waals surface area contributed by atoms with Gasteiger partial charge in [0.25, 0.3) is 0 Å². The lowest BCUT2D eigenvalue weighted by molar-refractivity contribution is 0.637. The van der Waals surface area contributed by atoms with Crippen LogP contribution < -0.4 is 5.32 Å². The number of aryl methyl sites for hydroxylation is 2. The molecule has 1 atom stereocenters. The largest absolute Gasteiger partial charge is 0.306 e. The fraction of sp³-hybridized carbons (Fsp3) is 0.333. The van der Waals surface area contributed by atoms with Crippen molar-refractivity contribution in [3.8, 4) is 0 Å². The molecular formula is C15H17Cl2NS. The normalized spacial score (nSPS) is 12.7. The summed E-state index contributed by atoms with van der Waals surface area (Å²) in [6.07, 6.45) is 0. The van der Waals surface area contributed by atoms with E-state index in [1.54, 1.807) is 0 Å². The predicted octanol–water partition coefficient (Wildman–Crippen LogP) is 5.37. The number of thiophene rings is 1. The van der Waals surface area contributed by atoms with Crippen LogP contribution in [0.3, 0.4) is 0 Å². The Kier molecular flexibility index (Phi) is 4.91. The summed E-state index contributed by atoms with van der Waals surface area (Å²) in [6, 6.07) is 8.13. The van der Waals surface area contributed by atoms with Crippen molar-refractivity contribution in [2.45, 2.75) is 26.8 Å². The molecule has 2 rings (SSSR count). The maximum Gasteiger partial charge on any atom is 0.0688 e. The summed E-state index contributed by atoms with van der Waals surface area (Å²) in [6.45, 7) is 7.25. The predicted molar refractivity (Wildman–Crippen MR) is 85.8 cm³/mol. The maximum absolute atomic E-state index is 6.37. The summed E-state index contributed by atoms with van der Waals surface area (Å²) in [5.74, 6) is 0. The number of hydrogen-bond donors (Lipinski definition) is 1. The van der Waals surface area contributed by atoms with Crippen LogP contribution in [0.1, 0.15) is 33.8 Å². The second-order valence-corrected chi connectivity index (χ2v) is 6.61. The van der Waals surface area contributed by atoms with Crippen LogP contribution in [0.2, 0.25) is 10.0 Å². The van der Waals surface area contributed by atoms with E-state index < -0.39 is 0 Å². The monoisotopic (exact) mass is 313 g/mol. The highest BCUT2D eigenvalue weighted by atomic mass is 35.5. The van der Waals surface area contributed by atoms with Gasteiger partial charge >= 0.3 is 0 Å². The molecule has 0 bridgehead atoms. The second kappa shape index (κ2) is 6.27. The van der Waals surface area contributed by atoms with Crippen LogP contribution in [0.5, 0.6) is 0 Å². The molecule has 1 aromatic carbocycles. The Balaban J connectivity index is 2.51. The quantitative estimate of drug-likeness (QED) is 0.800. The number of benzene rings is 1. The Hall–Kier alpha value is -0.540. The molecule has 0 saturated carbocycles. The van der Waals surface area contributed by atoms with Gasteiger partial charge < -0.3 is 5.32 Å². The van der Waals surface area contributed by atoms with E-state index in [0.717, 1.165) is 12.1 Å². The van der Waals surface area contributed by atoms with Gasteiger partial charge in [-0.05, 0) is 43.7 Å². The van der Waals surface area contributed by atoms with Crippen LogP contribution in [0.4, 0.5) is 0 Å². The van der Waals surface area contributed by atoms with Crippen molar-refractivity contribution in [1.82, 2.24) is 5.32 Å². The van der Waals surface area contributed by atoms with Crippen LogP contribution in [-0.2, 0) is 0 Å². The van der Waals surface area contributed by atoms with E-state index in [1.165, 1.54) is 15.3 Å². The Morgan fingerprint density at radius 3 is 2.58 bits per heavy atom. The molecule has 0 radical (unpaired) electrons. The van der Waals surface area contributed by atoms with Crippen LogP contribution in [0.15, 0.2) is 24.3 Å². The third-order valence-corrected chi connectivity index (χ3v) is 5.09. The molecule has 1 nitrogen and oxygen atoms in total. The van der Waals surface area contributed by atoms with Crippen molar-refractivity contribution in [2.75, 3.05) is 6.54 Å². The summed E-state index contributed by atoms with van der Waals surface area (Å²) >= 11 is 14.3. The smallest absolute Gasteiger partial charge is 0.0688 e. The molecule has 0 fully saturated rings. The van der Waals surface area contributed by atoms with E-state index in [4.69, 9.17) is 23.2 Å². The van der Waals surface area contributed by atoms with Crippen molar-refractivity contribution >= 4 is 34.5 Å². The van der Waals surface area contributed by atoms with Crippen molar-refractivity contribution in [2.24, 2.45) is 0 Å². The SMILES string of the molecule is CCNC(c1cccc(Cl)c1Cl)c1sc(C)cc1C. The number of halogens is 2. The Morgan fingerprint density at radius 1 is 1.26 bits per heavy atom. The minimum atomic E-state index is 0.106. The average molecular weight is 314 g/mol. The van der Waals surface area contributed by atoms with E-state index in [-0.39, 0.29) is 6.04 Å². The molecule has 1 unspecified atom stereocenters. The van der Waals surface area contributed by atoms with Gasteiger partial charge in [-0.15, -0.1) is 11.3 Å². The first kappa shape index (κ1) is 14.9. The van der Waals surface area contributed by atoms with Crippen LogP contribution >= 0.6 is 34.5 Å². The minimum absolute atomic E-state index is 0.106. The minimum Gasteiger partial charge on any atom is -0.306 e. The Bertz CT molecular complexity index is 578. The topological polar surface area (TPSA) is 12.0 Å². The zero-order valence-corrected chi connectivity index (χ0v) is 13.6. The third kappa shape index (κ3) is 3.14.